The normalized spacial score (nSPS) is 26.9. The lowest BCUT2D eigenvalue weighted by molar-refractivity contribution is -0.147. The van der Waals surface area contributed by atoms with Gasteiger partial charge in [0.25, 0.3) is 0 Å². The number of hydrogen-bond acceptors (Lipinski definition) is 2. The quantitative estimate of drug-likeness (QED) is 0.749. The summed E-state index contributed by atoms with van der Waals surface area (Å²) < 4.78 is 0. The molecule has 0 bridgehead atoms. The average molecular weight is 197 g/mol. The van der Waals surface area contributed by atoms with Crippen LogP contribution >= 0.6 is 0 Å². The molecule has 14 heavy (non-hydrogen) atoms. The standard InChI is InChI=1S/C11H19NO2/c13-11(14)10(9-5-4-6-9)12-7-2-1-3-8-12/h9-10H,1-8H2,(H,13,14). The molecule has 1 saturated carbocycles. The SMILES string of the molecule is O=C(O)C(C1CCC1)N1CCCCC1. The van der Waals surface area contributed by atoms with E-state index >= 15 is 0 Å². The van der Waals surface area contributed by atoms with Crippen molar-refractivity contribution in [2.45, 2.75) is 44.6 Å². The van der Waals surface area contributed by atoms with Crippen molar-refractivity contribution in [1.82, 2.24) is 4.90 Å². The highest BCUT2D eigenvalue weighted by atomic mass is 16.4. The molecule has 0 aromatic carbocycles. The van der Waals surface area contributed by atoms with E-state index < -0.39 is 5.97 Å². The Morgan fingerprint density at radius 2 is 1.79 bits per heavy atom. The van der Waals surface area contributed by atoms with Gasteiger partial charge in [0, 0.05) is 0 Å². The van der Waals surface area contributed by atoms with Crippen molar-refractivity contribution in [3.63, 3.8) is 0 Å². The van der Waals surface area contributed by atoms with Crippen molar-refractivity contribution in [3.8, 4) is 0 Å². The van der Waals surface area contributed by atoms with Gasteiger partial charge in [-0.05, 0) is 44.7 Å². The predicted molar refractivity (Wildman–Crippen MR) is 54.2 cm³/mol. The third-order valence-corrected chi connectivity index (χ3v) is 3.63. The fraction of sp³-hybridized carbons (Fsp3) is 0.909. The van der Waals surface area contributed by atoms with E-state index in [0.29, 0.717) is 5.92 Å². The summed E-state index contributed by atoms with van der Waals surface area (Å²) >= 11 is 0. The van der Waals surface area contributed by atoms with Crippen LogP contribution in [0.2, 0.25) is 0 Å². The highest BCUT2D eigenvalue weighted by molar-refractivity contribution is 5.74. The van der Waals surface area contributed by atoms with Crippen LogP contribution in [0.15, 0.2) is 0 Å². The fourth-order valence-electron chi connectivity index (χ4n) is 2.61. The summed E-state index contributed by atoms with van der Waals surface area (Å²) in [6, 6.07) is -0.177. The third kappa shape index (κ3) is 1.92. The van der Waals surface area contributed by atoms with Gasteiger partial charge in [-0.2, -0.15) is 0 Å². The van der Waals surface area contributed by atoms with Crippen LogP contribution in [0.25, 0.3) is 0 Å². The Balaban J connectivity index is 1.97. The molecule has 0 spiro atoms. The van der Waals surface area contributed by atoms with Crippen molar-refractivity contribution in [2.24, 2.45) is 5.92 Å². The summed E-state index contributed by atoms with van der Waals surface area (Å²) in [6.45, 7) is 1.99. The summed E-state index contributed by atoms with van der Waals surface area (Å²) in [5, 5.41) is 9.22. The number of aliphatic carboxylic acids is 1. The van der Waals surface area contributed by atoms with E-state index in [-0.39, 0.29) is 6.04 Å². The predicted octanol–water partition coefficient (Wildman–Crippen LogP) is 1.73. The van der Waals surface area contributed by atoms with Gasteiger partial charge < -0.3 is 5.11 Å². The van der Waals surface area contributed by atoms with E-state index in [0.717, 1.165) is 25.9 Å². The lowest BCUT2D eigenvalue weighted by atomic mass is 9.78. The smallest absolute Gasteiger partial charge is 0.321 e. The van der Waals surface area contributed by atoms with Gasteiger partial charge in [-0.15, -0.1) is 0 Å². The molecule has 3 nitrogen and oxygen atoms in total. The number of rotatable bonds is 3. The molecule has 1 atom stereocenters. The number of carboxylic acids is 1. The molecule has 1 heterocycles. The molecule has 0 radical (unpaired) electrons. The van der Waals surface area contributed by atoms with Crippen LogP contribution in [-0.4, -0.2) is 35.1 Å². The first-order valence-corrected chi connectivity index (χ1v) is 5.76. The van der Waals surface area contributed by atoms with Gasteiger partial charge in [0.2, 0.25) is 0 Å². The molecule has 0 aromatic rings. The zero-order valence-electron chi connectivity index (χ0n) is 8.61. The molecule has 2 fully saturated rings. The number of hydrogen-bond donors (Lipinski definition) is 1. The molecule has 2 rings (SSSR count). The molecule has 1 aliphatic carbocycles. The van der Waals surface area contributed by atoms with Gasteiger partial charge in [0.15, 0.2) is 0 Å². The fourth-order valence-corrected chi connectivity index (χ4v) is 2.61. The molecule has 1 aliphatic heterocycles. The van der Waals surface area contributed by atoms with Crippen molar-refractivity contribution < 1.29 is 9.90 Å². The highest BCUT2D eigenvalue weighted by Crippen LogP contribution is 2.33. The second-order valence-corrected chi connectivity index (χ2v) is 4.57. The molecule has 0 amide bonds. The Kier molecular flexibility index (Phi) is 3.06. The summed E-state index contributed by atoms with van der Waals surface area (Å²) in [7, 11) is 0. The number of carbonyl (C=O) groups is 1. The number of piperidine rings is 1. The molecule has 1 saturated heterocycles. The minimum Gasteiger partial charge on any atom is -0.480 e. The van der Waals surface area contributed by atoms with E-state index in [1.54, 1.807) is 0 Å². The molecule has 3 heteroatoms. The summed E-state index contributed by atoms with van der Waals surface area (Å²) in [5.74, 6) is -0.165. The maximum atomic E-state index is 11.2. The lowest BCUT2D eigenvalue weighted by Gasteiger charge is -2.40. The van der Waals surface area contributed by atoms with Gasteiger partial charge in [-0.1, -0.05) is 12.8 Å². The Labute approximate surface area is 85.1 Å². The van der Waals surface area contributed by atoms with Crippen LogP contribution in [0.1, 0.15) is 38.5 Å². The second kappa shape index (κ2) is 4.30. The van der Waals surface area contributed by atoms with Crippen LogP contribution in [0.3, 0.4) is 0 Å². The van der Waals surface area contributed by atoms with Crippen LogP contribution in [0.5, 0.6) is 0 Å². The van der Waals surface area contributed by atoms with E-state index in [1.807, 2.05) is 0 Å². The van der Waals surface area contributed by atoms with Crippen molar-refractivity contribution >= 4 is 5.97 Å². The molecule has 0 aromatic heterocycles. The molecule has 2 aliphatic rings. The first-order chi connectivity index (χ1) is 6.79. The minimum absolute atomic E-state index is 0.177. The zero-order chi connectivity index (χ0) is 9.97. The third-order valence-electron chi connectivity index (χ3n) is 3.63. The Hall–Kier alpha value is -0.570. The Morgan fingerprint density at radius 3 is 2.21 bits per heavy atom. The van der Waals surface area contributed by atoms with E-state index in [2.05, 4.69) is 4.90 Å². The minimum atomic E-state index is -0.600. The Bertz CT molecular complexity index is 207. The monoisotopic (exact) mass is 197 g/mol. The van der Waals surface area contributed by atoms with Crippen LogP contribution in [0, 0.1) is 5.92 Å². The summed E-state index contributed by atoms with van der Waals surface area (Å²) in [6.07, 6.45) is 7.09. The van der Waals surface area contributed by atoms with Gasteiger partial charge in [0.1, 0.15) is 6.04 Å². The molecule has 80 valence electrons. The molecule has 1 unspecified atom stereocenters. The average Bonchev–Trinajstić information content (AvgIpc) is 2.12. The first kappa shape index (κ1) is 9.97. The van der Waals surface area contributed by atoms with E-state index in [9.17, 15) is 9.90 Å². The second-order valence-electron chi connectivity index (χ2n) is 4.57. The van der Waals surface area contributed by atoms with Crippen molar-refractivity contribution in [2.75, 3.05) is 13.1 Å². The summed E-state index contributed by atoms with van der Waals surface area (Å²) in [4.78, 5) is 13.4. The lowest BCUT2D eigenvalue weighted by Crippen LogP contribution is -2.50. The van der Waals surface area contributed by atoms with Gasteiger partial charge in [0.05, 0.1) is 0 Å². The van der Waals surface area contributed by atoms with Gasteiger partial charge >= 0.3 is 5.97 Å². The number of carboxylic acid groups (broad SMARTS) is 1. The van der Waals surface area contributed by atoms with Gasteiger partial charge in [-0.25, -0.2) is 0 Å². The molecular weight excluding hydrogens is 178 g/mol. The van der Waals surface area contributed by atoms with Crippen molar-refractivity contribution in [3.05, 3.63) is 0 Å². The maximum absolute atomic E-state index is 11.2. The molecular formula is C11H19NO2. The number of likely N-dealkylation sites (tertiary alicyclic amines) is 1. The van der Waals surface area contributed by atoms with E-state index in [4.69, 9.17) is 0 Å². The van der Waals surface area contributed by atoms with Crippen LogP contribution in [0.4, 0.5) is 0 Å². The van der Waals surface area contributed by atoms with Crippen LogP contribution in [-0.2, 0) is 4.79 Å². The van der Waals surface area contributed by atoms with E-state index in [1.165, 1.54) is 25.7 Å². The highest BCUT2D eigenvalue weighted by Gasteiger charge is 2.37. The van der Waals surface area contributed by atoms with Gasteiger partial charge in [-0.3, -0.25) is 9.69 Å². The first-order valence-electron chi connectivity index (χ1n) is 5.76. The maximum Gasteiger partial charge on any atom is 0.321 e. The largest absolute Gasteiger partial charge is 0.480 e. The topological polar surface area (TPSA) is 40.5 Å². The Morgan fingerprint density at radius 1 is 1.14 bits per heavy atom. The van der Waals surface area contributed by atoms with Crippen LogP contribution < -0.4 is 0 Å². The number of nitrogens with zero attached hydrogens (tertiary/aromatic N) is 1. The van der Waals surface area contributed by atoms with Crippen molar-refractivity contribution in [1.29, 1.82) is 0 Å². The molecule has 1 N–H and O–H groups in total. The zero-order valence-corrected chi connectivity index (χ0v) is 8.61. The summed E-state index contributed by atoms with van der Waals surface area (Å²) in [5.41, 5.74) is 0.